The first-order valence-electron chi connectivity index (χ1n) is 2.70. The Labute approximate surface area is 58.4 Å². The van der Waals surface area contributed by atoms with Crippen LogP contribution in [0, 0.1) is 0 Å². The van der Waals surface area contributed by atoms with Gasteiger partial charge in [0.2, 0.25) is 0 Å². The van der Waals surface area contributed by atoms with Gasteiger partial charge in [0.25, 0.3) is 5.88 Å². The van der Waals surface area contributed by atoms with E-state index in [0.29, 0.717) is 0 Å². The highest BCUT2D eigenvalue weighted by atomic mass is 16.8. The third kappa shape index (κ3) is 1.01. The minimum atomic E-state index is -0.782. The third-order valence-electron chi connectivity index (χ3n) is 1.12. The van der Waals surface area contributed by atoms with E-state index in [-0.39, 0.29) is 5.88 Å². The molecule has 1 aliphatic heterocycles. The summed E-state index contributed by atoms with van der Waals surface area (Å²) >= 11 is 0. The van der Waals surface area contributed by atoms with Crippen LogP contribution >= 0.6 is 0 Å². The molecule has 0 radical (unpaired) electrons. The van der Waals surface area contributed by atoms with Crippen LogP contribution in [0.1, 0.15) is 0 Å². The first kappa shape index (κ1) is 7.17. The predicted octanol–water partition coefficient (Wildman–Crippen LogP) is 0.0831. The zero-order chi connectivity index (χ0) is 7.56. The summed E-state index contributed by atoms with van der Waals surface area (Å²) in [6.07, 6.45) is 0.490. The first-order valence-corrected chi connectivity index (χ1v) is 2.70. The average Bonchev–Trinajstić information content (AvgIpc) is 2.30. The number of rotatable bonds is 2. The summed E-state index contributed by atoms with van der Waals surface area (Å²) in [5, 5.41) is 9.79. The Morgan fingerprint density at radius 1 is 1.70 bits per heavy atom. The summed E-state index contributed by atoms with van der Waals surface area (Å²) in [7, 11) is 2.84. The van der Waals surface area contributed by atoms with Gasteiger partial charge < -0.3 is 14.2 Å². The predicted molar refractivity (Wildman–Crippen MR) is 30.6 cm³/mol. The summed E-state index contributed by atoms with van der Waals surface area (Å²) in [6, 6.07) is 0. The quantitative estimate of drug-likeness (QED) is 0.599. The summed E-state index contributed by atoms with van der Waals surface area (Å²) in [6.45, 7) is 0. The number of hydrogen-bond donors (Lipinski definition) is 1. The molecule has 1 unspecified atom stereocenters. The Morgan fingerprint density at radius 2 is 2.40 bits per heavy atom. The summed E-state index contributed by atoms with van der Waals surface area (Å²) in [5.74, 6) is 0.229. The van der Waals surface area contributed by atoms with Crippen molar-refractivity contribution in [3.8, 4) is 0 Å². The van der Waals surface area contributed by atoms with Gasteiger partial charge in [-0.2, -0.15) is 5.06 Å². The number of ether oxygens (including phenoxy) is 3. The lowest BCUT2D eigenvalue weighted by molar-refractivity contribution is -0.265. The van der Waals surface area contributed by atoms with Crippen LogP contribution in [0.3, 0.4) is 0 Å². The molecule has 0 bridgehead atoms. The van der Waals surface area contributed by atoms with E-state index >= 15 is 0 Å². The molecule has 1 heterocycles. The van der Waals surface area contributed by atoms with Gasteiger partial charge in [-0.1, -0.05) is 0 Å². The first-order chi connectivity index (χ1) is 4.79. The van der Waals surface area contributed by atoms with Crippen molar-refractivity contribution in [3.05, 3.63) is 12.1 Å². The van der Waals surface area contributed by atoms with Crippen LogP contribution in [0.15, 0.2) is 12.1 Å². The average molecular weight is 147 g/mol. The highest BCUT2D eigenvalue weighted by molar-refractivity contribution is 4.88. The van der Waals surface area contributed by atoms with Gasteiger partial charge in [-0.25, -0.2) is 0 Å². The smallest absolute Gasteiger partial charge is 0.308 e. The van der Waals surface area contributed by atoms with Crippen molar-refractivity contribution in [1.29, 1.82) is 0 Å². The minimum Gasteiger partial charge on any atom is -0.479 e. The van der Waals surface area contributed by atoms with Crippen molar-refractivity contribution in [2.45, 2.75) is 6.41 Å². The van der Waals surface area contributed by atoms with Gasteiger partial charge in [0, 0.05) is 7.11 Å². The highest BCUT2D eigenvalue weighted by Crippen LogP contribution is 2.16. The van der Waals surface area contributed by atoms with Crippen molar-refractivity contribution >= 4 is 0 Å². The van der Waals surface area contributed by atoms with Gasteiger partial charge in [0.15, 0.2) is 6.26 Å². The van der Waals surface area contributed by atoms with E-state index in [9.17, 15) is 0 Å². The van der Waals surface area contributed by atoms with Gasteiger partial charge in [-0.15, -0.1) is 0 Å². The van der Waals surface area contributed by atoms with E-state index in [0.717, 1.165) is 5.06 Å². The fourth-order valence-electron chi connectivity index (χ4n) is 0.629. The molecule has 0 saturated heterocycles. The van der Waals surface area contributed by atoms with E-state index < -0.39 is 6.41 Å². The SMILES string of the molecule is COC1=COC(OC)N1O. The highest BCUT2D eigenvalue weighted by Gasteiger charge is 2.26. The molecule has 10 heavy (non-hydrogen) atoms. The molecule has 0 amide bonds. The van der Waals surface area contributed by atoms with Crippen LogP contribution in [0.2, 0.25) is 0 Å². The van der Waals surface area contributed by atoms with Gasteiger partial charge in [0.05, 0.1) is 7.11 Å². The molecule has 1 atom stereocenters. The van der Waals surface area contributed by atoms with Crippen molar-refractivity contribution in [2.24, 2.45) is 0 Å². The second-order valence-electron chi connectivity index (χ2n) is 1.68. The van der Waals surface area contributed by atoms with E-state index in [1.807, 2.05) is 0 Å². The molecule has 0 aromatic rings. The lowest BCUT2D eigenvalue weighted by atomic mass is 10.8. The van der Waals surface area contributed by atoms with Crippen LogP contribution in [-0.4, -0.2) is 30.9 Å². The summed E-state index contributed by atoms with van der Waals surface area (Å²) < 4.78 is 14.1. The molecule has 1 rings (SSSR count). The zero-order valence-electron chi connectivity index (χ0n) is 5.77. The lowest BCUT2D eigenvalue weighted by Gasteiger charge is -2.16. The maximum absolute atomic E-state index is 9.04. The number of nitrogens with zero attached hydrogens (tertiary/aromatic N) is 1. The maximum atomic E-state index is 9.04. The molecule has 5 heteroatoms. The molecule has 1 aliphatic rings. The molecular formula is C5H9NO4. The van der Waals surface area contributed by atoms with Gasteiger partial charge in [-0.3, -0.25) is 5.21 Å². The third-order valence-corrected chi connectivity index (χ3v) is 1.12. The fourth-order valence-corrected chi connectivity index (χ4v) is 0.629. The van der Waals surface area contributed by atoms with Crippen molar-refractivity contribution in [2.75, 3.05) is 14.2 Å². The number of hydrogen-bond acceptors (Lipinski definition) is 5. The molecular weight excluding hydrogens is 138 g/mol. The van der Waals surface area contributed by atoms with Gasteiger partial charge in [-0.05, 0) is 0 Å². The van der Waals surface area contributed by atoms with E-state index in [2.05, 4.69) is 9.47 Å². The molecule has 1 N–H and O–H groups in total. The molecule has 0 saturated carbocycles. The van der Waals surface area contributed by atoms with E-state index in [1.54, 1.807) is 0 Å². The molecule has 58 valence electrons. The summed E-state index contributed by atoms with van der Waals surface area (Å²) in [4.78, 5) is 0. The molecule has 0 fully saturated rings. The molecule has 0 aromatic carbocycles. The Kier molecular flexibility index (Phi) is 1.98. The van der Waals surface area contributed by atoms with Gasteiger partial charge in [0.1, 0.15) is 0 Å². The molecule has 5 nitrogen and oxygen atoms in total. The van der Waals surface area contributed by atoms with Crippen LogP contribution in [0.4, 0.5) is 0 Å². The molecule has 0 aromatic heterocycles. The Balaban J connectivity index is 2.51. The van der Waals surface area contributed by atoms with Crippen LogP contribution in [-0.2, 0) is 14.2 Å². The second-order valence-corrected chi connectivity index (χ2v) is 1.68. The zero-order valence-corrected chi connectivity index (χ0v) is 5.77. The Morgan fingerprint density at radius 3 is 2.70 bits per heavy atom. The molecule has 0 aliphatic carbocycles. The molecule has 0 spiro atoms. The monoisotopic (exact) mass is 147 g/mol. The van der Waals surface area contributed by atoms with E-state index in [1.165, 1.54) is 20.5 Å². The minimum absolute atomic E-state index is 0.229. The van der Waals surface area contributed by atoms with E-state index in [4.69, 9.17) is 9.94 Å². The maximum Gasteiger partial charge on any atom is 0.308 e. The lowest BCUT2D eigenvalue weighted by Crippen LogP contribution is -2.29. The standard InChI is InChI=1S/C5H9NO4/c1-8-4-3-10-5(9-2)6(4)7/h3,5,7H,1-2H3. The van der Waals surface area contributed by atoms with Crippen molar-refractivity contribution < 1.29 is 19.4 Å². The van der Waals surface area contributed by atoms with Crippen LogP contribution in [0.5, 0.6) is 0 Å². The van der Waals surface area contributed by atoms with Crippen LogP contribution < -0.4 is 0 Å². The second kappa shape index (κ2) is 2.76. The largest absolute Gasteiger partial charge is 0.479 e. The van der Waals surface area contributed by atoms with Gasteiger partial charge >= 0.3 is 6.41 Å². The number of methoxy groups -OCH3 is 2. The number of hydroxylamine groups is 2. The topological polar surface area (TPSA) is 51.2 Å². The Bertz CT molecular complexity index is 147. The van der Waals surface area contributed by atoms with Crippen LogP contribution in [0.25, 0.3) is 0 Å². The van der Waals surface area contributed by atoms with Crippen molar-refractivity contribution in [3.63, 3.8) is 0 Å². The normalized spacial score (nSPS) is 24.1. The summed E-state index contributed by atoms with van der Waals surface area (Å²) in [5.41, 5.74) is 0. The van der Waals surface area contributed by atoms with Crippen molar-refractivity contribution in [1.82, 2.24) is 5.06 Å². The fraction of sp³-hybridized carbons (Fsp3) is 0.600. The Hall–Kier alpha value is -0.940.